The SMILES string of the molecule is COc1cc(NC(=O)Nc2ccc(CC(=O)NCC(F)(F)F)cc2)cc(OC)c1. The van der Waals surface area contributed by atoms with Crippen molar-refractivity contribution in [2.24, 2.45) is 0 Å². The third kappa shape index (κ3) is 7.60. The highest BCUT2D eigenvalue weighted by atomic mass is 19.4. The van der Waals surface area contributed by atoms with Crippen LogP contribution in [0.3, 0.4) is 0 Å². The van der Waals surface area contributed by atoms with Crippen molar-refractivity contribution in [3.05, 3.63) is 48.0 Å². The van der Waals surface area contributed by atoms with Crippen LogP contribution in [0.1, 0.15) is 5.56 Å². The number of carbonyl (C=O) groups is 2. The molecule has 29 heavy (non-hydrogen) atoms. The minimum absolute atomic E-state index is 0.202. The van der Waals surface area contributed by atoms with Gasteiger partial charge in [0.2, 0.25) is 5.91 Å². The summed E-state index contributed by atoms with van der Waals surface area (Å²) in [6.45, 7) is -1.37. The molecule has 7 nitrogen and oxygen atoms in total. The molecule has 0 bridgehead atoms. The first kappa shape index (κ1) is 21.9. The lowest BCUT2D eigenvalue weighted by molar-refractivity contribution is -0.138. The van der Waals surface area contributed by atoms with E-state index in [1.807, 2.05) is 0 Å². The van der Waals surface area contributed by atoms with Crippen LogP contribution in [0.5, 0.6) is 11.5 Å². The summed E-state index contributed by atoms with van der Waals surface area (Å²) in [5.41, 5.74) is 1.40. The lowest BCUT2D eigenvalue weighted by atomic mass is 10.1. The molecule has 3 N–H and O–H groups in total. The van der Waals surface area contributed by atoms with Gasteiger partial charge in [0.05, 0.1) is 20.6 Å². The van der Waals surface area contributed by atoms with E-state index in [-0.39, 0.29) is 6.42 Å². The number of anilines is 2. The third-order valence-corrected chi connectivity index (χ3v) is 3.67. The van der Waals surface area contributed by atoms with Crippen molar-refractivity contribution >= 4 is 23.3 Å². The summed E-state index contributed by atoms with van der Waals surface area (Å²) in [5, 5.41) is 7.05. The molecule has 0 radical (unpaired) electrons. The van der Waals surface area contributed by atoms with E-state index in [9.17, 15) is 22.8 Å². The highest BCUT2D eigenvalue weighted by Crippen LogP contribution is 2.26. The van der Waals surface area contributed by atoms with Crippen LogP contribution in [0.25, 0.3) is 0 Å². The van der Waals surface area contributed by atoms with Crippen LogP contribution in [-0.2, 0) is 11.2 Å². The van der Waals surface area contributed by atoms with Gasteiger partial charge in [-0.3, -0.25) is 4.79 Å². The molecule has 0 saturated carbocycles. The van der Waals surface area contributed by atoms with Crippen molar-refractivity contribution in [1.29, 1.82) is 0 Å². The maximum absolute atomic E-state index is 12.1. The fourth-order valence-electron chi connectivity index (χ4n) is 2.33. The van der Waals surface area contributed by atoms with Crippen molar-refractivity contribution in [3.63, 3.8) is 0 Å². The summed E-state index contributed by atoms with van der Waals surface area (Å²) < 4.78 is 46.5. The minimum Gasteiger partial charge on any atom is -0.497 e. The van der Waals surface area contributed by atoms with Gasteiger partial charge in [0, 0.05) is 29.6 Å². The Morgan fingerprint density at radius 2 is 1.45 bits per heavy atom. The molecule has 0 aliphatic carbocycles. The Labute approximate surface area is 165 Å². The number of benzene rings is 2. The number of ether oxygens (including phenoxy) is 2. The monoisotopic (exact) mass is 411 g/mol. The van der Waals surface area contributed by atoms with E-state index >= 15 is 0 Å². The van der Waals surface area contributed by atoms with E-state index in [2.05, 4.69) is 10.6 Å². The first-order valence-electron chi connectivity index (χ1n) is 8.42. The van der Waals surface area contributed by atoms with Crippen LogP contribution in [0, 0.1) is 0 Å². The Kier molecular flexibility index (Phi) is 7.29. The van der Waals surface area contributed by atoms with Gasteiger partial charge in [-0.15, -0.1) is 0 Å². The van der Waals surface area contributed by atoms with Crippen LogP contribution in [0.2, 0.25) is 0 Å². The summed E-state index contributed by atoms with van der Waals surface area (Å²) in [5.74, 6) is 0.272. The zero-order valence-corrected chi connectivity index (χ0v) is 15.7. The smallest absolute Gasteiger partial charge is 0.405 e. The normalized spacial score (nSPS) is 10.8. The zero-order chi connectivity index (χ0) is 21.4. The molecule has 0 aliphatic rings. The molecule has 0 aliphatic heterocycles. The van der Waals surface area contributed by atoms with Crippen molar-refractivity contribution in [2.75, 3.05) is 31.4 Å². The molecule has 0 unspecified atom stereocenters. The van der Waals surface area contributed by atoms with Crippen LogP contribution in [0.4, 0.5) is 29.3 Å². The molecule has 0 heterocycles. The Morgan fingerprint density at radius 3 is 1.97 bits per heavy atom. The topological polar surface area (TPSA) is 88.7 Å². The summed E-state index contributed by atoms with van der Waals surface area (Å²) in [7, 11) is 2.98. The van der Waals surface area contributed by atoms with Gasteiger partial charge in [0.15, 0.2) is 0 Å². The number of halogens is 3. The fraction of sp³-hybridized carbons (Fsp3) is 0.263. The number of urea groups is 1. The van der Waals surface area contributed by atoms with Crippen molar-refractivity contribution < 1.29 is 32.2 Å². The lowest BCUT2D eigenvalue weighted by Crippen LogP contribution is -2.34. The predicted molar refractivity (Wildman–Crippen MR) is 101 cm³/mol. The number of alkyl halides is 3. The second-order valence-corrected chi connectivity index (χ2v) is 5.95. The Balaban J connectivity index is 1.91. The van der Waals surface area contributed by atoms with E-state index in [1.165, 1.54) is 38.5 Å². The standard InChI is InChI=1S/C19H20F3N3O4/c1-28-15-8-14(9-16(10-15)29-2)25-18(27)24-13-5-3-12(4-6-13)7-17(26)23-11-19(20,21)22/h3-6,8-10H,7,11H2,1-2H3,(H,23,26)(H2,24,25,27). The molecule has 0 atom stereocenters. The Morgan fingerprint density at radius 1 is 0.897 bits per heavy atom. The van der Waals surface area contributed by atoms with E-state index in [1.54, 1.807) is 23.5 Å². The van der Waals surface area contributed by atoms with Gasteiger partial charge < -0.3 is 25.4 Å². The molecule has 2 rings (SSSR count). The maximum Gasteiger partial charge on any atom is 0.405 e. The van der Waals surface area contributed by atoms with Crippen LogP contribution in [0.15, 0.2) is 42.5 Å². The largest absolute Gasteiger partial charge is 0.497 e. The Hall–Kier alpha value is -3.43. The molecular weight excluding hydrogens is 391 g/mol. The van der Waals surface area contributed by atoms with Gasteiger partial charge in [-0.1, -0.05) is 12.1 Å². The second-order valence-electron chi connectivity index (χ2n) is 5.95. The third-order valence-electron chi connectivity index (χ3n) is 3.67. The summed E-state index contributed by atoms with van der Waals surface area (Å²) >= 11 is 0. The van der Waals surface area contributed by atoms with Crippen molar-refractivity contribution in [2.45, 2.75) is 12.6 Å². The number of carbonyl (C=O) groups excluding carboxylic acids is 2. The molecule has 0 spiro atoms. The van der Waals surface area contributed by atoms with Crippen LogP contribution < -0.4 is 25.4 Å². The summed E-state index contributed by atoms with van der Waals surface area (Å²) in [6.07, 6.45) is -4.66. The molecule has 10 heteroatoms. The molecule has 2 aromatic rings. The van der Waals surface area contributed by atoms with Crippen LogP contribution >= 0.6 is 0 Å². The number of rotatable bonds is 7. The van der Waals surface area contributed by atoms with Gasteiger partial charge in [0.1, 0.15) is 18.0 Å². The Bertz CT molecular complexity index is 833. The van der Waals surface area contributed by atoms with Gasteiger partial charge in [-0.05, 0) is 17.7 Å². The molecule has 156 valence electrons. The predicted octanol–water partition coefficient (Wildman–Crippen LogP) is 3.57. The van der Waals surface area contributed by atoms with Gasteiger partial charge >= 0.3 is 12.2 Å². The second kappa shape index (κ2) is 9.67. The fourth-order valence-corrected chi connectivity index (χ4v) is 2.33. The highest BCUT2D eigenvalue weighted by molar-refractivity contribution is 6.00. The quantitative estimate of drug-likeness (QED) is 0.650. The number of hydrogen-bond acceptors (Lipinski definition) is 4. The number of amides is 3. The molecular formula is C19H20F3N3O4. The first-order chi connectivity index (χ1) is 13.7. The van der Waals surface area contributed by atoms with Gasteiger partial charge in [0.25, 0.3) is 0 Å². The molecule has 0 aromatic heterocycles. The first-order valence-corrected chi connectivity index (χ1v) is 8.42. The van der Waals surface area contributed by atoms with Crippen molar-refractivity contribution in [3.8, 4) is 11.5 Å². The van der Waals surface area contributed by atoms with E-state index in [0.717, 1.165) is 0 Å². The number of nitrogens with one attached hydrogen (secondary N) is 3. The number of hydrogen-bond donors (Lipinski definition) is 3. The van der Waals surface area contributed by atoms with E-state index in [0.29, 0.717) is 28.4 Å². The van der Waals surface area contributed by atoms with Gasteiger partial charge in [-0.2, -0.15) is 13.2 Å². The average Bonchev–Trinajstić information content (AvgIpc) is 2.67. The minimum atomic E-state index is -4.45. The van der Waals surface area contributed by atoms with E-state index < -0.39 is 24.7 Å². The molecule has 0 fully saturated rings. The molecule has 0 saturated heterocycles. The highest BCUT2D eigenvalue weighted by Gasteiger charge is 2.27. The van der Waals surface area contributed by atoms with Crippen molar-refractivity contribution in [1.82, 2.24) is 5.32 Å². The summed E-state index contributed by atoms with van der Waals surface area (Å²) in [6, 6.07) is 10.5. The van der Waals surface area contributed by atoms with Crippen LogP contribution in [-0.4, -0.2) is 38.9 Å². The van der Waals surface area contributed by atoms with E-state index in [4.69, 9.17) is 9.47 Å². The zero-order valence-electron chi connectivity index (χ0n) is 15.7. The number of methoxy groups -OCH3 is 2. The van der Waals surface area contributed by atoms with Gasteiger partial charge in [-0.25, -0.2) is 4.79 Å². The maximum atomic E-state index is 12.1. The summed E-state index contributed by atoms with van der Waals surface area (Å²) in [4.78, 5) is 23.7. The molecule has 2 aromatic carbocycles. The molecule has 3 amide bonds. The lowest BCUT2D eigenvalue weighted by Gasteiger charge is -2.11. The average molecular weight is 411 g/mol.